The van der Waals surface area contributed by atoms with Crippen molar-refractivity contribution in [2.45, 2.75) is 32.6 Å². The third-order valence-corrected chi connectivity index (χ3v) is 5.24. The van der Waals surface area contributed by atoms with E-state index in [1.807, 2.05) is 18.2 Å². The Balaban J connectivity index is 1.80. The summed E-state index contributed by atoms with van der Waals surface area (Å²) in [6.07, 6.45) is 2.34. The Morgan fingerprint density at radius 3 is 2.65 bits per heavy atom. The van der Waals surface area contributed by atoms with Crippen LogP contribution in [0.5, 0.6) is 5.75 Å². The number of methoxy groups -OCH3 is 1. The molecule has 0 saturated carbocycles. The lowest BCUT2D eigenvalue weighted by molar-refractivity contribution is -0.141. The highest BCUT2D eigenvalue weighted by Gasteiger charge is 2.20. The Hall–Kier alpha value is -2.34. The number of carboxylic acid groups (broad SMARTS) is 1. The second-order valence-corrected chi connectivity index (χ2v) is 7.59. The fourth-order valence-corrected chi connectivity index (χ4v) is 3.68. The Labute approximate surface area is 158 Å². The van der Waals surface area contributed by atoms with Gasteiger partial charge in [0.2, 0.25) is 5.91 Å². The first-order valence-electron chi connectivity index (χ1n) is 8.66. The number of rotatable bonds is 10. The van der Waals surface area contributed by atoms with Crippen LogP contribution in [-0.2, 0) is 22.4 Å². The number of thiophene rings is 1. The standard InChI is InChI=1S/C20H25NO4S/c1-14-10-11-17(26-14)7-5-9-19(22)21-13-16(20(23)24)12-15-6-3-4-8-18(15)25-2/h3-4,6,8,10-11,16H,5,7,9,12-13H2,1-2H3,(H,21,22)(H,23,24). The Morgan fingerprint density at radius 1 is 1.23 bits per heavy atom. The number of hydrogen-bond acceptors (Lipinski definition) is 4. The van der Waals surface area contributed by atoms with Gasteiger partial charge in [-0.15, -0.1) is 11.3 Å². The van der Waals surface area contributed by atoms with Crippen LogP contribution >= 0.6 is 11.3 Å². The summed E-state index contributed by atoms with van der Waals surface area (Å²) in [6.45, 7) is 2.18. The first-order chi connectivity index (χ1) is 12.5. The van der Waals surface area contributed by atoms with Gasteiger partial charge in [-0.25, -0.2) is 0 Å². The maximum absolute atomic E-state index is 12.0. The van der Waals surface area contributed by atoms with E-state index in [2.05, 4.69) is 24.4 Å². The van der Waals surface area contributed by atoms with Gasteiger partial charge in [0.25, 0.3) is 0 Å². The molecule has 1 amide bonds. The fraction of sp³-hybridized carbons (Fsp3) is 0.400. The third kappa shape index (κ3) is 6.19. The minimum absolute atomic E-state index is 0.107. The van der Waals surface area contributed by atoms with E-state index < -0.39 is 11.9 Å². The molecule has 1 aromatic heterocycles. The van der Waals surface area contributed by atoms with Crippen LogP contribution in [0.1, 0.15) is 28.2 Å². The monoisotopic (exact) mass is 375 g/mol. The lowest BCUT2D eigenvalue weighted by atomic mass is 9.98. The molecule has 0 saturated heterocycles. The van der Waals surface area contributed by atoms with Gasteiger partial charge in [-0.1, -0.05) is 18.2 Å². The van der Waals surface area contributed by atoms with Crippen molar-refractivity contribution in [3.8, 4) is 5.75 Å². The third-order valence-electron chi connectivity index (χ3n) is 4.18. The van der Waals surface area contributed by atoms with Crippen molar-refractivity contribution in [3.05, 3.63) is 51.7 Å². The van der Waals surface area contributed by atoms with Crippen LogP contribution in [-0.4, -0.2) is 30.6 Å². The maximum atomic E-state index is 12.0. The molecular formula is C20H25NO4S. The number of ether oxygens (including phenoxy) is 1. The molecule has 140 valence electrons. The highest BCUT2D eigenvalue weighted by atomic mass is 32.1. The van der Waals surface area contributed by atoms with E-state index in [-0.39, 0.29) is 12.5 Å². The quantitative estimate of drug-likeness (QED) is 0.667. The van der Waals surface area contributed by atoms with E-state index in [0.717, 1.165) is 18.4 Å². The predicted octanol–water partition coefficient (Wildman–Crippen LogP) is 3.45. The first kappa shape index (κ1) is 20.0. The van der Waals surface area contributed by atoms with E-state index in [1.54, 1.807) is 24.5 Å². The SMILES string of the molecule is COc1ccccc1CC(CNC(=O)CCCc1ccc(C)s1)C(=O)O. The molecule has 26 heavy (non-hydrogen) atoms. The molecule has 2 N–H and O–H groups in total. The van der Waals surface area contributed by atoms with Gasteiger partial charge in [0.1, 0.15) is 5.75 Å². The molecule has 1 atom stereocenters. The normalized spacial score (nSPS) is 11.8. The number of nitrogens with one attached hydrogen (secondary N) is 1. The van der Waals surface area contributed by atoms with Crippen LogP contribution < -0.4 is 10.1 Å². The fourth-order valence-electron chi connectivity index (χ4n) is 2.75. The van der Waals surface area contributed by atoms with Gasteiger partial charge < -0.3 is 15.2 Å². The topological polar surface area (TPSA) is 75.6 Å². The van der Waals surface area contributed by atoms with Crippen molar-refractivity contribution in [1.82, 2.24) is 5.32 Å². The van der Waals surface area contributed by atoms with Crippen LogP contribution in [0.15, 0.2) is 36.4 Å². The Bertz CT molecular complexity index is 741. The lowest BCUT2D eigenvalue weighted by Crippen LogP contribution is -2.34. The molecule has 2 aromatic rings. The molecule has 2 rings (SSSR count). The number of para-hydroxylation sites is 1. The molecule has 1 heterocycles. The van der Waals surface area contributed by atoms with Gasteiger partial charge in [0.05, 0.1) is 13.0 Å². The molecule has 5 nitrogen and oxygen atoms in total. The zero-order chi connectivity index (χ0) is 18.9. The van der Waals surface area contributed by atoms with Crippen LogP contribution in [0.2, 0.25) is 0 Å². The van der Waals surface area contributed by atoms with Crippen molar-refractivity contribution in [2.75, 3.05) is 13.7 Å². The highest BCUT2D eigenvalue weighted by Crippen LogP contribution is 2.21. The van der Waals surface area contributed by atoms with E-state index in [9.17, 15) is 14.7 Å². The number of aliphatic carboxylic acids is 1. The molecule has 0 spiro atoms. The summed E-state index contributed by atoms with van der Waals surface area (Å²) in [5.74, 6) is -1.05. The number of carbonyl (C=O) groups is 2. The van der Waals surface area contributed by atoms with Gasteiger partial charge in [-0.2, -0.15) is 0 Å². The largest absolute Gasteiger partial charge is 0.496 e. The van der Waals surface area contributed by atoms with Crippen LogP contribution in [0.25, 0.3) is 0 Å². The highest BCUT2D eigenvalue weighted by molar-refractivity contribution is 7.11. The summed E-state index contributed by atoms with van der Waals surface area (Å²) in [5, 5.41) is 12.2. The van der Waals surface area contributed by atoms with Crippen molar-refractivity contribution in [1.29, 1.82) is 0 Å². The smallest absolute Gasteiger partial charge is 0.308 e. The molecule has 0 aliphatic carbocycles. The van der Waals surface area contributed by atoms with E-state index in [4.69, 9.17) is 4.74 Å². The van der Waals surface area contributed by atoms with Crippen LogP contribution in [0.4, 0.5) is 0 Å². The average molecular weight is 375 g/mol. The maximum Gasteiger partial charge on any atom is 0.308 e. The van der Waals surface area contributed by atoms with Gasteiger partial charge in [0, 0.05) is 22.7 Å². The summed E-state index contributed by atoms with van der Waals surface area (Å²) in [5.41, 5.74) is 0.824. The zero-order valence-corrected chi connectivity index (χ0v) is 16.0. The Morgan fingerprint density at radius 2 is 2.00 bits per heavy atom. The summed E-state index contributed by atoms with van der Waals surface area (Å²) in [6, 6.07) is 11.5. The van der Waals surface area contributed by atoms with Crippen LogP contribution in [0, 0.1) is 12.8 Å². The van der Waals surface area contributed by atoms with E-state index in [0.29, 0.717) is 18.6 Å². The predicted molar refractivity (Wildman–Crippen MR) is 103 cm³/mol. The molecule has 0 bridgehead atoms. The summed E-state index contributed by atoms with van der Waals surface area (Å²) in [7, 11) is 1.56. The van der Waals surface area contributed by atoms with Crippen molar-refractivity contribution in [2.24, 2.45) is 5.92 Å². The molecule has 0 fully saturated rings. The van der Waals surface area contributed by atoms with Crippen molar-refractivity contribution < 1.29 is 19.4 Å². The minimum Gasteiger partial charge on any atom is -0.496 e. The number of hydrogen-bond donors (Lipinski definition) is 2. The van der Waals surface area contributed by atoms with Gasteiger partial charge in [0.15, 0.2) is 0 Å². The molecule has 1 unspecified atom stereocenters. The zero-order valence-electron chi connectivity index (χ0n) is 15.2. The van der Waals surface area contributed by atoms with Gasteiger partial charge in [-0.3, -0.25) is 9.59 Å². The van der Waals surface area contributed by atoms with Crippen molar-refractivity contribution >= 4 is 23.2 Å². The number of carboxylic acids is 1. The molecule has 1 aromatic carbocycles. The molecular weight excluding hydrogens is 350 g/mol. The average Bonchev–Trinajstić information content (AvgIpc) is 3.03. The number of aryl methyl sites for hydroxylation is 2. The second-order valence-electron chi connectivity index (χ2n) is 6.22. The Kier molecular flexibility index (Phi) is 7.66. The molecule has 0 aliphatic heterocycles. The molecule has 6 heteroatoms. The first-order valence-corrected chi connectivity index (χ1v) is 9.48. The van der Waals surface area contributed by atoms with E-state index >= 15 is 0 Å². The van der Waals surface area contributed by atoms with Gasteiger partial charge in [-0.05, 0) is 49.9 Å². The molecule has 0 radical (unpaired) electrons. The number of amides is 1. The summed E-state index contributed by atoms with van der Waals surface area (Å²) >= 11 is 1.74. The van der Waals surface area contributed by atoms with Crippen molar-refractivity contribution in [3.63, 3.8) is 0 Å². The summed E-state index contributed by atoms with van der Waals surface area (Å²) < 4.78 is 5.27. The second kappa shape index (κ2) is 9.97. The summed E-state index contributed by atoms with van der Waals surface area (Å²) in [4.78, 5) is 26.1. The van der Waals surface area contributed by atoms with E-state index in [1.165, 1.54) is 9.75 Å². The molecule has 0 aliphatic rings. The minimum atomic E-state index is -0.926. The van der Waals surface area contributed by atoms with Gasteiger partial charge >= 0.3 is 5.97 Å². The van der Waals surface area contributed by atoms with Crippen LogP contribution in [0.3, 0.4) is 0 Å². The lowest BCUT2D eigenvalue weighted by Gasteiger charge is -2.15. The number of benzene rings is 1. The number of carbonyl (C=O) groups excluding carboxylic acids is 1.